The molecule has 1 heterocycles. The van der Waals surface area contributed by atoms with Crippen LogP contribution in [0.25, 0.3) is 0 Å². The third-order valence-electron chi connectivity index (χ3n) is 3.83. The molecule has 1 aromatic carbocycles. The molecule has 5 nitrogen and oxygen atoms in total. The lowest BCUT2D eigenvalue weighted by atomic mass is 10.0. The first kappa shape index (κ1) is 17.6. The monoisotopic (exact) mass is 339 g/mol. The molecule has 2 N–H and O–H groups in total. The molecular weight excluding hydrogens is 317 g/mol. The maximum atomic E-state index is 13.4. The first-order valence-corrected chi connectivity index (χ1v) is 8.78. The molecule has 0 spiro atoms. The summed E-state index contributed by atoms with van der Waals surface area (Å²) in [5.41, 5.74) is 0.798. The number of urea groups is 1. The van der Waals surface area contributed by atoms with Gasteiger partial charge in [0.2, 0.25) is 5.91 Å². The number of hydrogen-bond donors (Lipinski definition) is 2. The number of nitrogens with one attached hydrogen (secondary N) is 2. The maximum Gasteiger partial charge on any atom is 0.315 e. The molecule has 23 heavy (non-hydrogen) atoms. The Balaban J connectivity index is 1.92. The number of carbonyl (C=O) groups is 2. The van der Waals surface area contributed by atoms with Gasteiger partial charge >= 0.3 is 6.03 Å². The highest BCUT2D eigenvalue weighted by Crippen LogP contribution is 2.36. The molecular formula is C16H22FN3O2S. The van der Waals surface area contributed by atoms with Gasteiger partial charge in [0.1, 0.15) is 5.82 Å². The number of amides is 3. The lowest BCUT2D eigenvalue weighted by Crippen LogP contribution is -2.45. The summed E-state index contributed by atoms with van der Waals surface area (Å²) in [4.78, 5) is 26.5. The summed E-state index contributed by atoms with van der Waals surface area (Å²) in [6.45, 7) is 4.99. The van der Waals surface area contributed by atoms with E-state index in [4.69, 9.17) is 0 Å². The Hall–Kier alpha value is -1.76. The summed E-state index contributed by atoms with van der Waals surface area (Å²) in [5, 5.41) is 5.41. The smallest absolute Gasteiger partial charge is 0.315 e. The molecule has 0 fully saturated rings. The van der Waals surface area contributed by atoms with E-state index in [0.717, 1.165) is 22.6 Å². The van der Waals surface area contributed by atoms with Crippen molar-refractivity contribution in [2.45, 2.75) is 31.2 Å². The second-order valence-corrected chi connectivity index (χ2v) is 6.40. The van der Waals surface area contributed by atoms with Gasteiger partial charge in [0.25, 0.3) is 0 Å². The SMILES string of the molecule is CCN(CC)C(=O)CNC(=O)N[C@@H]1CCSc2ccc(F)cc21. The van der Waals surface area contributed by atoms with E-state index in [9.17, 15) is 14.0 Å². The molecule has 0 aliphatic carbocycles. The maximum absolute atomic E-state index is 13.4. The molecule has 0 saturated carbocycles. The van der Waals surface area contributed by atoms with Crippen LogP contribution in [0.3, 0.4) is 0 Å². The zero-order chi connectivity index (χ0) is 16.8. The Bertz CT molecular complexity index is 578. The van der Waals surface area contributed by atoms with Gasteiger partial charge in [-0.05, 0) is 44.0 Å². The van der Waals surface area contributed by atoms with Crippen LogP contribution >= 0.6 is 11.8 Å². The second-order valence-electron chi connectivity index (χ2n) is 5.26. The summed E-state index contributed by atoms with van der Waals surface area (Å²) in [7, 11) is 0. The van der Waals surface area contributed by atoms with Crippen molar-refractivity contribution in [2.24, 2.45) is 0 Å². The summed E-state index contributed by atoms with van der Waals surface area (Å²) in [6.07, 6.45) is 0.735. The fraction of sp³-hybridized carbons (Fsp3) is 0.500. The molecule has 0 saturated heterocycles. The van der Waals surface area contributed by atoms with Crippen LogP contribution in [-0.4, -0.2) is 42.2 Å². The Labute approximate surface area is 140 Å². The molecule has 7 heteroatoms. The van der Waals surface area contributed by atoms with Crippen molar-refractivity contribution in [3.8, 4) is 0 Å². The third-order valence-corrected chi connectivity index (χ3v) is 4.96. The lowest BCUT2D eigenvalue weighted by Gasteiger charge is -2.26. The Morgan fingerprint density at radius 1 is 1.35 bits per heavy atom. The minimum Gasteiger partial charge on any atom is -0.342 e. The first-order chi connectivity index (χ1) is 11.0. The number of thioether (sulfide) groups is 1. The Morgan fingerprint density at radius 3 is 2.78 bits per heavy atom. The van der Waals surface area contributed by atoms with Crippen LogP contribution in [0.1, 0.15) is 31.9 Å². The highest BCUT2D eigenvalue weighted by atomic mass is 32.2. The average molecular weight is 339 g/mol. The Kier molecular flexibility index (Phi) is 6.27. The summed E-state index contributed by atoms with van der Waals surface area (Å²) < 4.78 is 13.4. The minimum absolute atomic E-state index is 0.0367. The molecule has 126 valence electrons. The summed E-state index contributed by atoms with van der Waals surface area (Å²) >= 11 is 1.66. The van der Waals surface area contributed by atoms with Gasteiger partial charge in [0, 0.05) is 23.7 Å². The molecule has 0 bridgehead atoms. The third kappa shape index (κ3) is 4.60. The number of nitrogens with zero attached hydrogens (tertiary/aromatic N) is 1. The predicted molar refractivity (Wildman–Crippen MR) is 88.9 cm³/mol. The van der Waals surface area contributed by atoms with Crippen LogP contribution < -0.4 is 10.6 Å². The van der Waals surface area contributed by atoms with E-state index in [-0.39, 0.29) is 24.3 Å². The summed E-state index contributed by atoms with van der Waals surface area (Å²) in [5.74, 6) is 0.438. The van der Waals surface area contributed by atoms with Gasteiger partial charge in [-0.1, -0.05) is 0 Å². The zero-order valence-corrected chi connectivity index (χ0v) is 14.2. The number of rotatable bonds is 5. The number of carbonyl (C=O) groups excluding carboxylic acids is 2. The molecule has 0 radical (unpaired) electrons. The topological polar surface area (TPSA) is 61.4 Å². The molecule has 1 aliphatic heterocycles. The van der Waals surface area contributed by atoms with Gasteiger partial charge in [-0.25, -0.2) is 9.18 Å². The first-order valence-electron chi connectivity index (χ1n) is 7.79. The molecule has 1 aliphatic rings. The Morgan fingerprint density at radius 2 is 2.09 bits per heavy atom. The molecule has 1 aromatic rings. The van der Waals surface area contributed by atoms with Crippen molar-refractivity contribution in [2.75, 3.05) is 25.4 Å². The quantitative estimate of drug-likeness (QED) is 0.867. The van der Waals surface area contributed by atoms with Crippen molar-refractivity contribution in [3.05, 3.63) is 29.6 Å². The lowest BCUT2D eigenvalue weighted by molar-refractivity contribution is -0.129. The van der Waals surface area contributed by atoms with E-state index in [1.807, 2.05) is 13.8 Å². The van der Waals surface area contributed by atoms with Crippen molar-refractivity contribution < 1.29 is 14.0 Å². The zero-order valence-electron chi connectivity index (χ0n) is 13.4. The van der Waals surface area contributed by atoms with E-state index in [2.05, 4.69) is 10.6 Å². The normalized spacial score (nSPS) is 16.4. The van der Waals surface area contributed by atoms with Crippen LogP contribution in [0.2, 0.25) is 0 Å². The van der Waals surface area contributed by atoms with Crippen LogP contribution in [0.15, 0.2) is 23.1 Å². The number of fused-ring (bicyclic) bond motifs is 1. The number of likely N-dealkylation sites (N-methyl/N-ethyl adjacent to an activating group) is 1. The van der Waals surface area contributed by atoms with E-state index in [0.29, 0.717) is 13.1 Å². The van der Waals surface area contributed by atoms with Gasteiger partial charge in [-0.15, -0.1) is 11.8 Å². The average Bonchev–Trinajstić information content (AvgIpc) is 2.54. The van der Waals surface area contributed by atoms with Gasteiger partial charge in [0.05, 0.1) is 12.6 Å². The molecule has 0 aromatic heterocycles. The van der Waals surface area contributed by atoms with E-state index in [1.54, 1.807) is 22.7 Å². The fourth-order valence-electron chi connectivity index (χ4n) is 2.57. The van der Waals surface area contributed by atoms with E-state index < -0.39 is 6.03 Å². The standard InChI is InChI=1S/C16H22FN3O2S/c1-3-20(4-2)15(21)10-18-16(22)19-13-7-8-23-14-6-5-11(17)9-12(13)14/h5-6,9,13H,3-4,7-8,10H2,1-2H3,(H2,18,19,22)/t13-/m1/s1. The summed E-state index contributed by atoms with van der Waals surface area (Å²) in [6, 6.07) is 4.00. The van der Waals surface area contributed by atoms with Gasteiger partial charge < -0.3 is 15.5 Å². The van der Waals surface area contributed by atoms with Gasteiger partial charge in [-0.3, -0.25) is 4.79 Å². The van der Waals surface area contributed by atoms with Crippen molar-refractivity contribution in [1.82, 2.24) is 15.5 Å². The number of halogens is 1. The van der Waals surface area contributed by atoms with Crippen molar-refractivity contribution in [3.63, 3.8) is 0 Å². The largest absolute Gasteiger partial charge is 0.342 e. The highest BCUT2D eigenvalue weighted by Gasteiger charge is 2.23. The van der Waals surface area contributed by atoms with Crippen LogP contribution in [0, 0.1) is 5.82 Å². The number of hydrogen-bond acceptors (Lipinski definition) is 3. The van der Waals surface area contributed by atoms with Crippen LogP contribution in [0.5, 0.6) is 0 Å². The second kappa shape index (κ2) is 8.19. The molecule has 1 atom stereocenters. The van der Waals surface area contributed by atoms with Gasteiger partial charge in [0.15, 0.2) is 0 Å². The number of benzene rings is 1. The van der Waals surface area contributed by atoms with Crippen molar-refractivity contribution in [1.29, 1.82) is 0 Å². The van der Waals surface area contributed by atoms with E-state index >= 15 is 0 Å². The van der Waals surface area contributed by atoms with Crippen LogP contribution in [-0.2, 0) is 4.79 Å². The minimum atomic E-state index is -0.405. The highest BCUT2D eigenvalue weighted by molar-refractivity contribution is 7.99. The molecule has 3 amide bonds. The fourth-order valence-corrected chi connectivity index (χ4v) is 3.67. The molecule has 0 unspecified atom stereocenters. The van der Waals surface area contributed by atoms with Crippen molar-refractivity contribution >= 4 is 23.7 Å². The molecule has 2 rings (SSSR count). The predicted octanol–water partition coefficient (Wildman–Crippen LogP) is 2.53. The van der Waals surface area contributed by atoms with E-state index in [1.165, 1.54) is 12.1 Å². The van der Waals surface area contributed by atoms with Crippen LogP contribution in [0.4, 0.5) is 9.18 Å². The van der Waals surface area contributed by atoms with Gasteiger partial charge in [-0.2, -0.15) is 0 Å².